The largest absolute Gasteiger partial charge is 0.345 e. The summed E-state index contributed by atoms with van der Waals surface area (Å²) < 4.78 is 1.72. The first-order valence-corrected chi connectivity index (χ1v) is 6.23. The number of aromatic nitrogens is 3. The lowest BCUT2D eigenvalue weighted by Crippen LogP contribution is -2.31. The SMILES string of the molecule is CC(c1ccncn1)N(C)C(=O)c1cc(Cl)cn1C. The zero-order valence-electron chi connectivity index (χ0n) is 11.0. The van der Waals surface area contributed by atoms with Gasteiger partial charge >= 0.3 is 0 Å². The molecule has 0 saturated heterocycles. The van der Waals surface area contributed by atoms with Crippen molar-refractivity contribution >= 4 is 17.5 Å². The van der Waals surface area contributed by atoms with Gasteiger partial charge in [-0.2, -0.15) is 0 Å². The molecule has 0 saturated carbocycles. The highest BCUT2D eigenvalue weighted by Gasteiger charge is 2.22. The van der Waals surface area contributed by atoms with Gasteiger partial charge in [0.15, 0.2) is 0 Å². The van der Waals surface area contributed by atoms with E-state index in [1.807, 2.05) is 6.92 Å². The first-order valence-electron chi connectivity index (χ1n) is 5.85. The van der Waals surface area contributed by atoms with Crippen LogP contribution in [0.15, 0.2) is 30.9 Å². The third kappa shape index (κ3) is 2.76. The second-order valence-electron chi connectivity index (χ2n) is 4.38. The fraction of sp³-hybridized carbons (Fsp3) is 0.308. The van der Waals surface area contributed by atoms with E-state index in [4.69, 9.17) is 11.6 Å². The molecule has 0 aliphatic heterocycles. The van der Waals surface area contributed by atoms with Crippen LogP contribution >= 0.6 is 11.6 Å². The third-order valence-corrected chi connectivity index (χ3v) is 3.33. The zero-order chi connectivity index (χ0) is 14.0. The number of aryl methyl sites for hydroxylation is 1. The molecule has 0 N–H and O–H groups in total. The van der Waals surface area contributed by atoms with Crippen LogP contribution in [0.1, 0.15) is 29.1 Å². The summed E-state index contributed by atoms with van der Waals surface area (Å²) in [4.78, 5) is 22.1. The lowest BCUT2D eigenvalue weighted by atomic mass is 10.2. The molecule has 1 atom stereocenters. The second-order valence-corrected chi connectivity index (χ2v) is 4.82. The first kappa shape index (κ1) is 13.5. The van der Waals surface area contributed by atoms with Gasteiger partial charge in [0.25, 0.3) is 5.91 Å². The van der Waals surface area contributed by atoms with Crippen molar-refractivity contribution in [1.82, 2.24) is 19.4 Å². The molecule has 2 aromatic heterocycles. The molecule has 19 heavy (non-hydrogen) atoms. The van der Waals surface area contributed by atoms with Crippen LogP contribution in [0.4, 0.5) is 0 Å². The lowest BCUT2D eigenvalue weighted by molar-refractivity contribution is 0.0730. The summed E-state index contributed by atoms with van der Waals surface area (Å²) in [6.45, 7) is 1.92. The zero-order valence-corrected chi connectivity index (χ0v) is 11.8. The van der Waals surface area contributed by atoms with E-state index in [1.165, 1.54) is 6.33 Å². The van der Waals surface area contributed by atoms with Gasteiger partial charge in [0.1, 0.15) is 12.0 Å². The van der Waals surface area contributed by atoms with Crippen molar-refractivity contribution in [2.75, 3.05) is 7.05 Å². The summed E-state index contributed by atoms with van der Waals surface area (Å²) in [5.41, 5.74) is 1.35. The van der Waals surface area contributed by atoms with Crippen molar-refractivity contribution in [2.24, 2.45) is 7.05 Å². The van der Waals surface area contributed by atoms with E-state index in [0.717, 1.165) is 5.69 Å². The quantitative estimate of drug-likeness (QED) is 0.866. The van der Waals surface area contributed by atoms with E-state index in [1.54, 1.807) is 48.1 Å². The van der Waals surface area contributed by atoms with Gasteiger partial charge in [-0.05, 0) is 19.1 Å². The number of hydrogen-bond acceptors (Lipinski definition) is 3. The summed E-state index contributed by atoms with van der Waals surface area (Å²) in [5.74, 6) is -0.0967. The summed E-state index contributed by atoms with van der Waals surface area (Å²) >= 11 is 5.90. The Hall–Kier alpha value is -1.88. The summed E-state index contributed by atoms with van der Waals surface area (Å²) in [7, 11) is 3.54. The van der Waals surface area contributed by atoms with Crippen LogP contribution in [0.25, 0.3) is 0 Å². The molecule has 0 radical (unpaired) electrons. The molecule has 100 valence electrons. The maximum atomic E-state index is 12.4. The average Bonchev–Trinajstić information content (AvgIpc) is 2.76. The second kappa shape index (κ2) is 5.40. The fourth-order valence-electron chi connectivity index (χ4n) is 1.84. The van der Waals surface area contributed by atoms with Crippen LogP contribution in [-0.4, -0.2) is 32.4 Å². The molecular formula is C13H15ClN4O. The Morgan fingerprint density at radius 3 is 2.79 bits per heavy atom. The molecule has 2 rings (SSSR count). The average molecular weight is 279 g/mol. The number of carbonyl (C=O) groups excluding carboxylic acids is 1. The lowest BCUT2D eigenvalue weighted by Gasteiger charge is -2.24. The Balaban J connectivity index is 2.22. The number of halogens is 1. The maximum Gasteiger partial charge on any atom is 0.270 e. The number of nitrogens with zero attached hydrogens (tertiary/aromatic N) is 4. The number of carbonyl (C=O) groups is 1. The van der Waals surface area contributed by atoms with Gasteiger partial charge in [0, 0.05) is 26.5 Å². The molecule has 2 aromatic rings. The normalized spacial score (nSPS) is 12.2. The highest BCUT2D eigenvalue weighted by atomic mass is 35.5. The highest BCUT2D eigenvalue weighted by Crippen LogP contribution is 2.20. The molecule has 5 nitrogen and oxygen atoms in total. The van der Waals surface area contributed by atoms with Crippen LogP contribution in [-0.2, 0) is 7.05 Å². The van der Waals surface area contributed by atoms with E-state index < -0.39 is 0 Å². The Morgan fingerprint density at radius 1 is 1.53 bits per heavy atom. The summed E-state index contributed by atoms with van der Waals surface area (Å²) in [6, 6.07) is 3.32. The van der Waals surface area contributed by atoms with Crippen molar-refractivity contribution in [3.63, 3.8) is 0 Å². The van der Waals surface area contributed by atoms with E-state index >= 15 is 0 Å². The van der Waals surface area contributed by atoms with E-state index in [0.29, 0.717) is 10.7 Å². The Bertz CT molecular complexity index is 582. The summed E-state index contributed by atoms with van der Waals surface area (Å²) in [5, 5.41) is 0.550. The van der Waals surface area contributed by atoms with Gasteiger partial charge in [-0.15, -0.1) is 0 Å². The third-order valence-electron chi connectivity index (χ3n) is 3.12. The van der Waals surface area contributed by atoms with E-state index in [2.05, 4.69) is 9.97 Å². The molecule has 0 fully saturated rings. The number of hydrogen-bond donors (Lipinski definition) is 0. The smallest absolute Gasteiger partial charge is 0.270 e. The minimum atomic E-state index is -0.135. The topological polar surface area (TPSA) is 51.0 Å². The predicted octanol–water partition coefficient (Wildman–Crippen LogP) is 2.30. The first-order chi connectivity index (χ1) is 9.00. The van der Waals surface area contributed by atoms with Crippen LogP contribution < -0.4 is 0 Å². The molecule has 0 aromatic carbocycles. The van der Waals surface area contributed by atoms with Gasteiger partial charge in [0.2, 0.25) is 0 Å². The molecule has 0 aliphatic rings. The van der Waals surface area contributed by atoms with Gasteiger partial charge in [0.05, 0.1) is 16.8 Å². The molecular weight excluding hydrogens is 264 g/mol. The van der Waals surface area contributed by atoms with Crippen molar-refractivity contribution in [2.45, 2.75) is 13.0 Å². The van der Waals surface area contributed by atoms with Gasteiger partial charge < -0.3 is 9.47 Å². The maximum absolute atomic E-state index is 12.4. The van der Waals surface area contributed by atoms with E-state index in [-0.39, 0.29) is 11.9 Å². The Kier molecular flexibility index (Phi) is 3.85. The molecule has 0 bridgehead atoms. The molecule has 1 amide bonds. The molecule has 1 unspecified atom stereocenters. The van der Waals surface area contributed by atoms with Crippen LogP contribution in [0.3, 0.4) is 0 Å². The van der Waals surface area contributed by atoms with Gasteiger partial charge in [-0.25, -0.2) is 9.97 Å². The predicted molar refractivity (Wildman–Crippen MR) is 73.0 cm³/mol. The van der Waals surface area contributed by atoms with Crippen LogP contribution in [0.2, 0.25) is 5.02 Å². The number of rotatable bonds is 3. The molecule has 6 heteroatoms. The molecule has 0 aliphatic carbocycles. The molecule has 0 spiro atoms. The highest BCUT2D eigenvalue weighted by molar-refractivity contribution is 6.31. The summed E-state index contributed by atoms with van der Waals surface area (Å²) in [6.07, 6.45) is 4.85. The fourth-order valence-corrected chi connectivity index (χ4v) is 2.09. The standard InChI is InChI=1S/C13H15ClN4O/c1-9(11-4-5-15-8-16-11)18(3)13(19)12-6-10(14)7-17(12)2/h4-9H,1-3H3. The van der Waals surface area contributed by atoms with Crippen LogP contribution in [0, 0.1) is 0 Å². The van der Waals surface area contributed by atoms with Gasteiger partial charge in [-0.3, -0.25) is 4.79 Å². The van der Waals surface area contributed by atoms with Crippen molar-refractivity contribution in [3.8, 4) is 0 Å². The van der Waals surface area contributed by atoms with Crippen molar-refractivity contribution in [3.05, 3.63) is 47.3 Å². The molecule has 2 heterocycles. The van der Waals surface area contributed by atoms with Gasteiger partial charge in [-0.1, -0.05) is 11.6 Å². The van der Waals surface area contributed by atoms with E-state index in [9.17, 15) is 4.79 Å². The Labute approximate surface area is 116 Å². The monoisotopic (exact) mass is 278 g/mol. The van der Waals surface area contributed by atoms with Crippen LogP contribution in [0.5, 0.6) is 0 Å². The minimum Gasteiger partial charge on any atom is -0.345 e. The number of amides is 1. The van der Waals surface area contributed by atoms with Crippen molar-refractivity contribution < 1.29 is 4.79 Å². The van der Waals surface area contributed by atoms with Crippen molar-refractivity contribution in [1.29, 1.82) is 0 Å². The Morgan fingerprint density at radius 2 is 2.26 bits per heavy atom. The minimum absolute atomic E-state index is 0.0967.